The van der Waals surface area contributed by atoms with E-state index in [4.69, 9.17) is 5.73 Å². The van der Waals surface area contributed by atoms with Crippen LogP contribution in [0, 0.1) is 11.8 Å². The number of hydrogen-bond donors (Lipinski definition) is 1. The molecule has 1 aliphatic rings. The van der Waals surface area contributed by atoms with Crippen LogP contribution in [0.4, 0.5) is 0 Å². The van der Waals surface area contributed by atoms with Crippen molar-refractivity contribution in [3.8, 4) is 0 Å². The summed E-state index contributed by atoms with van der Waals surface area (Å²) in [6.07, 6.45) is 3.90. The average Bonchev–Trinajstić information content (AvgIpc) is 2.36. The van der Waals surface area contributed by atoms with Crippen molar-refractivity contribution in [2.75, 3.05) is 20.1 Å². The van der Waals surface area contributed by atoms with Gasteiger partial charge in [0, 0.05) is 6.04 Å². The van der Waals surface area contributed by atoms with Gasteiger partial charge >= 0.3 is 0 Å². The molecule has 0 spiro atoms. The first-order valence-electron chi connectivity index (χ1n) is 5.55. The Morgan fingerprint density at radius 2 is 2.15 bits per heavy atom. The van der Waals surface area contributed by atoms with Crippen LogP contribution in [0.15, 0.2) is 0 Å². The van der Waals surface area contributed by atoms with Crippen LogP contribution < -0.4 is 5.73 Å². The molecule has 0 aromatic carbocycles. The molecule has 2 heteroatoms. The molecule has 0 aromatic rings. The van der Waals surface area contributed by atoms with Crippen LogP contribution in [0.1, 0.15) is 33.1 Å². The van der Waals surface area contributed by atoms with Crippen molar-refractivity contribution < 1.29 is 0 Å². The lowest BCUT2D eigenvalue weighted by molar-refractivity contribution is 0.230. The third kappa shape index (κ3) is 2.96. The van der Waals surface area contributed by atoms with Gasteiger partial charge in [-0.3, -0.25) is 0 Å². The van der Waals surface area contributed by atoms with Crippen molar-refractivity contribution >= 4 is 0 Å². The Kier molecular flexibility index (Phi) is 4.20. The second-order valence-corrected chi connectivity index (χ2v) is 4.80. The molecule has 13 heavy (non-hydrogen) atoms. The lowest BCUT2D eigenvalue weighted by atomic mass is 9.90. The summed E-state index contributed by atoms with van der Waals surface area (Å²) < 4.78 is 0. The van der Waals surface area contributed by atoms with Gasteiger partial charge in [0.15, 0.2) is 0 Å². The lowest BCUT2D eigenvalue weighted by Gasteiger charge is -2.26. The number of nitrogens with two attached hydrogens (primary N) is 1. The van der Waals surface area contributed by atoms with Crippen LogP contribution in [0.2, 0.25) is 0 Å². The lowest BCUT2D eigenvalue weighted by Crippen LogP contribution is -2.31. The van der Waals surface area contributed by atoms with E-state index in [0.717, 1.165) is 24.4 Å². The van der Waals surface area contributed by atoms with Gasteiger partial charge in [-0.25, -0.2) is 0 Å². The van der Waals surface area contributed by atoms with Gasteiger partial charge < -0.3 is 10.6 Å². The Labute approximate surface area is 82.5 Å². The topological polar surface area (TPSA) is 29.3 Å². The maximum absolute atomic E-state index is 5.63. The Balaban J connectivity index is 2.44. The molecule has 0 amide bonds. The normalized spacial score (nSPS) is 30.2. The first-order valence-corrected chi connectivity index (χ1v) is 5.55. The number of rotatable bonds is 4. The molecular formula is C11H24N2. The maximum Gasteiger partial charge on any atom is 0.0124 e. The predicted octanol–water partition coefficient (Wildman–Crippen LogP) is 1.70. The molecule has 0 radical (unpaired) electrons. The molecule has 1 rings (SSSR count). The van der Waals surface area contributed by atoms with Gasteiger partial charge in [0.1, 0.15) is 0 Å². The predicted molar refractivity (Wildman–Crippen MR) is 57.7 cm³/mol. The first kappa shape index (κ1) is 11.0. The van der Waals surface area contributed by atoms with Crippen LogP contribution in [0.3, 0.4) is 0 Å². The summed E-state index contributed by atoms with van der Waals surface area (Å²) in [7, 11) is 2.25. The average molecular weight is 184 g/mol. The summed E-state index contributed by atoms with van der Waals surface area (Å²) in [6.45, 7) is 6.74. The van der Waals surface area contributed by atoms with E-state index in [-0.39, 0.29) is 0 Å². The molecule has 2 N–H and O–H groups in total. The van der Waals surface area contributed by atoms with Crippen molar-refractivity contribution in [3.05, 3.63) is 0 Å². The minimum Gasteiger partial charge on any atom is -0.330 e. The third-order valence-corrected chi connectivity index (χ3v) is 3.21. The van der Waals surface area contributed by atoms with Crippen LogP contribution in [-0.2, 0) is 0 Å². The zero-order chi connectivity index (χ0) is 9.84. The monoisotopic (exact) mass is 184 g/mol. The fourth-order valence-electron chi connectivity index (χ4n) is 2.49. The Hall–Kier alpha value is -0.0800. The molecule has 0 aromatic heterocycles. The molecule has 2 atom stereocenters. The number of likely N-dealkylation sites (tertiary alicyclic amines) is 1. The summed E-state index contributed by atoms with van der Waals surface area (Å²) in [5.41, 5.74) is 5.63. The Morgan fingerprint density at radius 1 is 1.46 bits per heavy atom. The molecule has 1 aliphatic heterocycles. The van der Waals surface area contributed by atoms with Gasteiger partial charge in [-0.15, -0.1) is 0 Å². The quantitative estimate of drug-likeness (QED) is 0.720. The molecular weight excluding hydrogens is 160 g/mol. The van der Waals surface area contributed by atoms with Gasteiger partial charge in [0.2, 0.25) is 0 Å². The summed E-state index contributed by atoms with van der Waals surface area (Å²) in [5.74, 6) is 1.67. The first-order chi connectivity index (χ1) is 6.15. The Bertz CT molecular complexity index is 143. The highest BCUT2D eigenvalue weighted by Crippen LogP contribution is 2.29. The van der Waals surface area contributed by atoms with Gasteiger partial charge in [-0.1, -0.05) is 13.8 Å². The highest BCUT2D eigenvalue weighted by atomic mass is 15.2. The van der Waals surface area contributed by atoms with Gasteiger partial charge in [0.05, 0.1) is 0 Å². The van der Waals surface area contributed by atoms with Crippen LogP contribution >= 0.6 is 0 Å². The van der Waals surface area contributed by atoms with Gasteiger partial charge in [-0.2, -0.15) is 0 Å². The SMILES string of the molecule is CC(C)CC1C(CCN)CCN1C. The second kappa shape index (κ2) is 4.97. The van der Waals surface area contributed by atoms with E-state index < -0.39 is 0 Å². The van der Waals surface area contributed by atoms with Crippen LogP contribution in [0.5, 0.6) is 0 Å². The summed E-state index contributed by atoms with van der Waals surface area (Å²) >= 11 is 0. The fraction of sp³-hybridized carbons (Fsp3) is 1.00. The zero-order valence-corrected chi connectivity index (χ0v) is 9.29. The summed E-state index contributed by atoms with van der Waals surface area (Å²) in [4.78, 5) is 2.51. The van der Waals surface area contributed by atoms with Gasteiger partial charge in [0.25, 0.3) is 0 Å². The number of hydrogen-bond acceptors (Lipinski definition) is 2. The van der Waals surface area contributed by atoms with Crippen LogP contribution in [0.25, 0.3) is 0 Å². The van der Waals surface area contributed by atoms with Crippen molar-refractivity contribution in [2.45, 2.75) is 39.2 Å². The molecule has 2 nitrogen and oxygen atoms in total. The van der Waals surface area contributed by atoms with E-state index in [2.05, 4.69) is 25.8 Å². The van der Waals surface area contributed by atoms with E-state index in [1.165, 1.54) is 25.8 Å². The minimum atomic E-state index is 0.795. The van der Waals surface area contributed by atoms with E-state index in [1.807, 2.05) is 0 Å². The van der Waals surface area contributed by atoms with E-state index in [1.54, 1.807) is 0 Å². The molecule has 1 heterocycles. The highest BCUT2D eigenvalue weighted by Gasteiger charge is 2.30. The van der Waals surface area contributed by atoms with Gasteiger partial charge in [-0.05, 0) is 51.2 Å². The van der Waals surface area contributed by atoms with E-state index in [0.29, 0.717) is 0 Å². The van der Waals surface area contributed by atoms with Crippen molar-refractivity contribution in [1.82, 2.24) is 4.90 Å². The minimum absolute atomic E-state index is 0.795. The van der Waals surface area contributed by atoms with Crippen LogP contribution in [-0.4, -0.2) is 31.1 Å². The molecule has 78 valence electrons. The molecule has 2 unspecified atom stereocenters. The maximum atomic E-state index is 5.63. The molecule has 0 aliphatic carbocycles. The smallest absolute Gasteiger partial charge is 0.0124 e. The summed E-state index contributed by atoms with van der Waals surface area (Å²) in [6, 6.07) is 0.795. The third-order valence-electron chi connectivity index (χ3n) is 3.21. The summed E-state index contributed by atoms with van der Waals surface area (Å²) in [5, 5.41) is 0. The Morgan fingerprint density at radius 3 is 2.69 bits per heavy atom. The van der Waals surface area contributed by atoms with Crippen molar-refractivity contribution in [1.29, 1.82) is 0 Å². The standard InChI is InChI=1S/C11H24N2/c1-9(2)8-11-10(4-6-12)5-7-13(11)3/h9-11H,4-8,12H2,1-3H3. The van der Waals surface area contributed by atoms with E-state index >= 15 is 0 Å². The molecule has 1 saturated heterocycles. The van der Waals surface area contributed by atoms with Crippen molar-refractivity contribution in [3.63, 3.8) is 0 Å². The second-order valence-electron chi connectivity index (χ2n) is 4.80. The van der Waals surface area contributed by atoms with E-state index in [9.17, 15) is 0 Å². The zero-order valence-electron chi connectivity index (χ0n) is 9.29. The molecule has 1 fully saturated rings. The number of nitrogens with zero attached hydrogens (tertiary/aromatic N) is 1. The largest absolute Gasteiger partial charge is 0.330 e. The molecule has 0 bridgehead atoms. The van der Waals surface area contributed by atoms with Crippen molar-refractivity contribution in [2.24, 2.45) is 17.6 Å². The molecule has 0 saturated carbocycles. The fourth-order valence-corrected chi connectivity index (χ4v) is 2.49. The highest BCUT2D eigenvalue weighted by molar-refractivity contribution is 4.85.